The molecule has 1 aromatic heterocycles. The van der Waals surface area contributed by atoms with E-state index in [-0.39, 0.29) is 24.8 Å². The van der Waals surface area contributed by atoms with Crippen LogP contribution in [0.25, 0.3) is 0 Å². The third-order valence-corrected chi connectivity index (χ3v) is 3.19. The summed E-state index contributed by atoms with van der Waals surface area (Å²) in [6.45, 7) is 2.13. The summed E-state index contributed by atoms with van der Waals surface area (Å²) in [5.41, 5.74) is 6.39. The number of carbonyl (C=O) groups is 2. The molecule has 0 spiro atoms. The quantitative estimate of drug-likeness (QED) is 0.721. The summed E-state index contributed by atoms with van der Waals surface area (Å²) in [5, 5.41) is 2.66. The highest BCUT2D eigenvalue weighted by molar-refractivity contribution is 7.09. The van der Waals surface area contributed by atoms with E-state index in [1.807, 2.05) is 12.3 Å². The minimum Gasteiger partial charge on any atom is -0.319 e. The first-order chi connectivity index (χ1) is 7.08. The van der Waals surface area contributed by atoms with E-state index in [9.17, 15) is 9.59 Å². The molecule has 80 valence electrons. The standard InChI is InChI=1S/C9H11N3O2S/c1-5-4-15-7(11-5)3-12-8(13)2-6(10)9(12)14/h4,6H,2-3,10H2,1H3/t6-/m0/s1. The van der Waals surface area contributed by atoms with Crippen molar-refractivity contribution < 1.29 is 9.59 Å². The Morgan fingerprint density at radius 2 is 2.40 bits per heavy atom. The smallest absolute Gasteiger partial charge is 0.247 e. The van der Waals surface area contributed by atoms with Gasteiger partial charge in [-0.05, 0) is 6.92 Å². The van der Waals surface area contributed by atoms with Crippen LogP contribution in [0.3, 0.4) is 0 Å². The molecule has 0 saturated carbocycles. The Hall–Kier alpha value is -1.27. The summed E-state index contributed by atoms with van der Waals surface area (Å²) in [6.07, 6.45) is 0.114. The van der Waals surface area contributed by atoms with Gasteiger partial charge >= 0.3 is 0 Å². The van der Waals surface area contributed by atoms with Crippen molar-refractivity contribution in [2.24, 2.45) is 5.73 Å². The fourth-order valence-corrected chi connectivity index (χ4v) is 2.25. The van der Waals surface area contributed by atoms with E-state index in [1.54, 1.807) is 0 Å². The fourth-order valence-electron chi connectivity index (χ4n) is 1.49. The number of imide groups is 1. The van der Waals surface area contributed by atoms with E-state index in [2.05, 4.69) is 4.98 Å². The third kappa shape index (κ3) is 1.91. The zero-order chi connectivity index (χ0) is 11.0. The number of carbonyl (C=O) groups excluding carboxylic acids is 2. The normalized spacial score (nSPS) is 21.5. The summed E-state index contributed by atoms with van der Waals surface area (Å²) in [4.78, 5) is 28.3. The number of hydrogen-bond donors (Lipinski definition) is 1. The molecule has 0 aliphatic carbocycles. The average molecular weight is 225 g/mol. The molecule has 1 aromatic rings. The lowest BCUT2D eigenvalue weighted by atomic mass is 10.3. The predicted molar refractivity (Wildman–Crippen MR) is 55.0 cm³/mol. The maximum Gasteiger partial charge on any atom is 0.247 e. The van der Waals surface area contributed by atoms with E-state index in [1.165, 1.54) is 16.2 Å². The van der Waals surface area contributed by atoms with Crippen molar-refractivity contribution in [3.05, 3.63) is 16.1 Å². The lowest BCUT2D eigenvalue weighted by Crippen LogP contribution is -2.34. The van der Waals surface area contributed by atoms with Crippen LogP contribution in [0.5, 0.6) is 0 Å². The van der Waals surface area contributed by atoms with Crippen LogP contribution in [0, 0.1) is 6.92 Å². The molecule has 2 rings (SSSR count). The second-order valence-electron chi connectivity index (χ2n) is 3.51. The predicted octanol–water partition coefficient (Wildman–Crippen LogP) is 0.0377. The molecule has 2 N–H and O–H groups in total. The van der Waals surface area contributed by atoms with Crippen LogP contribution in [-0.2, 0) is 16.1 Å². The summed E-state index contributed by atoms with van der Waals surface area (Å²) < 4.78 is 0. The Labute approximate surface area is 90.9 Å². The van der Waals surface area contributed by atoms with Crippen molar-refractivity contribution in [2.75, 3.05) is 0 Å². The first-order valence-corrected chi connectivity index (χ1v) is 5.46. The Kier molecular flexibility index (Phi) is 2.54. The second kappa shape index (κ2) is 3.71. The molecule has 1 aliphatic rings. The van der Waals surface area contributed by atoms with Gasteiger partial charge in [-0.15, -0.1) is 11.3 Å². The molecule has 15 heavy (non-hydrogen) atoms. The Morgan fingerprint density at radius 1 is 1.67 bits per heavy atom. The summed E-state index contributed by atoms with van der Waals surface area (Å²) in [5.74, 6) is -0.506. The van der Waals surface area contributed by atoms with Crippen LogP contribution >= 0.6 is 11.3 Å². The van der Waals surface area contributed by atoms with Crippen LogP contribution in [0.4, 0.5) is 0 Å². The molecule has 2 heterocycles. The molecule has 0 radical (unpaired) electrons. The maximum absolute atomic E-state index is 11.5. The largest absolute Gasteiger partial charge is 0.319 e. The minimum absolute atomic E-state index is 0.114. The number of aromatic nitrogens is 1. The van der Waals surface area contributed by atoms with Gasteiger partial charge in [0.05, 0.1) is 19.0 Å². The first kappa shape index (κ1) is 10.3. The second-order valence-corrected chi connectivity index (χ2v) is 4.45. The average Bonchev–Trinajstić information content (AvgIpc) is 2.67. The molecular weight excluding hydrogens is 214 g/mol. The first-order valence-electron chi connectivity index (χ1n) is 4.58. The number of likely N-dealkylation sites (tertiary alicyclic amines) is 1. The van der Waals surface area contributed by atoms with Crippen LogP contribution < -0.4 is 5.73 Å². The summed E-state index contributed by atoms with van der Waals surface area (Å²) in [7, 11) is 0. The van der Waals surface area contributed by atoms with Crippen molar-refractivity contribution in [3.63, 3.8) is 0 Å². The Morgan fingerprint density at radius 3 is 2.87 bits per heavy atom. The number of hydrogen-bond acceptors (Lipinski definition) is 5. The van der Waals surface area contributed by atoms with Gasteiger partial charge in [0.15, 0.2) is 0 Å². The molecule has 6 heteroatoms. The number of rotatable bonds is 2. The third-order valence-electron chi connectivity index (χ3n) is 2.24. The number of amides is 2. The van der Waals surface area contributed by atoms with E-state index >= 15 is 0 Å². The van der Waals surface area contributed by atoms with Crippen molar-refractivity contribution in [1.29, 1.82) is 0 Å². The minimum atomic E-state index is -0.668. The molecule has 0 aromatic carbocycles. The number of thiazole rings is 1. The van der Waals surface area contributed by atoms with Gasteiger partial charge in [-0.2, -0.15) is 0 Å². The summed E-state index contributed by atoms with van der Waals surface area (Å²) >= 11 is 1.44. The highest BCUT2D eigenvalue weighted by atomic mass is 32.1. The van der Waals surface area contributed by atoms with Gasteiger partial charge in [-0.1, -0.05) is 0 Å². The highest BCUT2D eigenvalue weighted by Crippen LogP contribution is 2.17. The number of nitrogens with zero attached hydrogens (tertiary/aromatic N) is 2. The van der Waals surface area contributed by atoms with Gasteiger partial charge in [0.25, 0.3) is 0 Å². The van der Waals surface area contributed by atoms with E-state index in [0.717, 1.165) is 10.7 Å². The van der Waals surface area contributed by atoms with Crippen molar-refractivity contribution in [2.45, 2.75) is 25.9 Å². The van der Waals surface area contributed by atoms with E-state index in [4.69, 9.17) is 5.73 Å². The van der Waals surface area contributed by atoms with Crippen molar-refractivity contribution in [3.8, 4) is 0 Å². The lowest BCUT2D eigenvalue weighted by molar-refractivity contribution is -0.139. The molecule has 1 fully saturated rings. The van der Waals surface area contributed by atoms with Crippen LogP contribution in [0.15, 0.2) is 5.38 Å². The van der Waals surface area contributed by atoms with Gasteiger partial charge in [0.2, 0.25) is 11.8 Å². The molecule has 0 unspecified atom stereocenters. The molecule has 2 amide bonds. The zero-order valence-corrected chi connectivity index (χ0v) is 9.08. The van der Waals surface area contributed by atoms with Crippen molar-refractivity contribution in [1.82, 2.24) is 9.88 Å². The van der Waals surface area contributed by atoms with Gasteiger partial charge < -0.3 is 5.73 Å². The number of nitrogens with two attached hydrogens (primary N) is 1. The summed E-state index contributed by atoms with van der Waals surface area (Å²) in [6, 6.07) is -0.668. The Bertz CT molecular complexity index is 415. The van der Waals surface area contributed by atoms with Gasteiger partial charge in [-0.3, -0.25) is 14.5 Å². The zero-order valence-electron chi connectivity index (χ0n) is 8.27. The highest BCUT2D eigenvalue weighted by Gasteiger charge is 2.36. The van der Waals surface area contributed by atoms with Crippen LogP contribution in [0.2, 0.25) is 0 Å². The van der Waals surface area contributed by atoms with Crippen LogP contribution in [0.1, 0.15) is 17.1 Å². The van der Waals surface area contributed by atoms with Crippen molar-refractivity contribution >= 4 is 23.2 Å². The SMILES string of the molecule is Cc1csc(CN2C(=O)C[C@H](N)C2=O)n1. The molecule has 1 atom stereocenters. The molecule has 0 bridgehead atoms. The molecular formula is C9H11N3O2S. The molecule has 5 nitrogen and oxygen atoms in total. The fraction of sp³-hybridized carbons (Fsp3) is 0.444. The van der Waals surface area contributed by atoms with Crippen LogP contribution in [-0.4, -0.2) is 27.7 Å². The van der Waals surface area contributed by atoms with Gasteiger partial charge in [0.1, 0.15) is 5.01 Å². The van der Waals surface area contributed by atoms with E-state index in [0.29, 0.717) is 0 Å². The topological polar surface area (TPSA) is 76.3 Å². The monoisotopic (exact) mass is 225 g/mol. The maximum atomic E-state index is 11.5. The number of aryl methyl sites for hydroxylation is 1. The Balaban J connectivity index is 2.12. The molecule has 1 aliphatic heterocycles. The lowest BCUT2D eigenvalue weighted by Gasteiger charge is -2.11. The van der Waals surface area contributed by atoms with Gasteiger partial charge in [0, 0.05) is 11.1 Å². The van der Waals surface area contributed by atoms with E-state index < -0.39 is 6.04 Å². The van der Waals surface area contributed by atoms with Gasteiger partial charge in [-0.25, -0.2) is 4.98 Å². The molecule has 1 saturated heterocycles.